The van der Waals surface area contributed by atoms with Gasteiger partial charge >= 0.3 is 6.18 Å². The summed E-state index contributed by atoms with van der Waals surface area (Å²) in [5.41, 5.74) is -0.443. The predicted molar refractivity (Wildman–Crippen MR) is 129 cm³/mol. The highest BCUT2D eigenvalue weighted by atomic mass is 19.4. The van der Waals surface area contributed by atoms with Gasteiger partial charge in [0.2, 0.25) is 0 Å². The SMILES string of the molecule is O=C(/C=C/c1ccco1)/C=C/c1ccccc1OCC(=O)Nc1cc(-n2cncn2)cc(C(F)(F)F)c1. The van der Waals surface area contributed by atoms with Crippen molar-refractivity contribution >= 4 is 29.5 Å². The molecule has 2 aromatic heterocycles. The summed E-state index contributed by atoms with van der Waals surface area (Å²) >= 11 is 0. The zero-order valence-corrected chi connectivity index (χ0v) is 19.1. The molecule has 1 N–H and O–H groups in total. The Kier molecular flexibility index (Phi) is 7.62. The molecule has 0 aliphatic heterocycles. The van der Waals surface area contributed by atoms with Crippen LogP contribution in [0.3, 0.4) is 0 Å². The van der Waals surface area contributed by atoms with Crippen LogP contribution < -0.4 is 10.1 Å². The number of carbonyl (C=O) groups is 2. The first-order valence-corrected chi connectivity index (χ1v) is 10.8. The number of halogens is 3. The number of hydrogen-bond acceptors (Lipinski definition) is 6. The van der Waals surface area contributed by atoms with Crippen LogP contribution in [0.15, 0.2) is 90.1 Å². The van der Waals surface area contributed by atoms with Gasteiger partial charge in [-0.05, 0) is 60.7 Å². The Morgan fingerprint density at radius 2 is 1.86 bits per heavy atom. The number of aromatic nitrogens is 3. The van der Waals surface area contributed by atoms with Crippen molar-refractivity contribution in [1.29, 1.82) is 0 Å². The third kappa shape index (κ3) is 7.04. The zero-order chi connectivity index (χ0) is 26.3. The summed E-state index contributed by atoms with van der Waals surface area (Å²) in [5, 5.41) is 6.24. The van der Waals surface area contributed by atoms with Gasteiger partial charge in [-0.2, -0.15) is 18.3 Å². The van der Waals surface area contributed by atoms with E-state index in [-0.39, 0.29) is 17.2 Å². The number of benzene rings is 2. The van der Waals surface area contributed by atoms with Gasteiger partial charge < -0.3 is 14.5 Å². The van der Waals surface area contributed by atoms with E-state index in [9.17, 15) is 22.8 Å². The molecule has 4 rings (SSSR count). The van der Waals surface area contributed by atoms with Crippen LogP contribution >= 0.6 is 0 Å². The van der Waals surface area contributed by atoms with Crippen LogP contribution in [0.25, 0.3) is 17.8 Å². The Labute approximate surface area is 208 Å². The average Bonchev–Trinajstić information content (AvgIpc) is 3.59. The summed E-state index contributed by atoms with van der Waals surface area (Å²) in [5.74, 6) is -0.133. The number of hydrogen-bond donors (Lipinski definition) is 1. The predicted octanol–water partition coefficient (Wildman–Crippen LogP) is 5.19. The van der Waals surface area contributed by atoms with E-state index in [0.717, 1.165) is 16.8 Å². The largest absolute Gasteiger partial charge is 0.483 e. The molecule has 0 fully saturated rings. The van der Waals surface area contributed by atoms with Gasteiger partial charge in [-0.15, -0.1) is 0 Å². The molecule has 0 atom stereocenters. The maximum Gasteiger partial charge on any atom is 0.416 e. The van der Waals surface area contributed by atoms with Gasteiger partial charge in [0.05, 0.1) is 17.5 Å². The minimum Gasteiger partial charge on any atom is -0.483 e. The van der Waals surface area contributed by atoms with Crippen molar-refractivity contribution in [3.63, 3.8) is 0 Å². The molecule has 11 heteroatoms. The number of alkyl halides is 3. The lowest BCUT2D eigenvalue weighted by Gasteiger charge is -2.14. The van der Waals surface area contributed by atoms with Crippen LogP contribution in [0, 0.1) is 0 Å². The fraction of sp³-hybridized carbons (Fsp3) is 0.0769. The van der Waals surface area contributed by atoms with E-state index < -0.39 is 24.3 Å². The maximum atomic E-state index is 13.4. The van der Waals surface area contributed by atoms with Crippen LogP contribution in [-0.4, -0.2) is 33.1 Å². The summed E-state index contributed by atoms with van der Waals surface area (Å²) in [6.07, 6.45) is 5.01. The topological polar surface area (TPSA) is 99.2 Å². The first kappa shape index (κ1) is 25.2. The van der Waals surface area contributed by atoms with Crippen molar-refractivity contribution in [2.24, 2.45) is 0 Å². The van der Waals surface area contributed by atoms with E-state index in [4.69, 9.17) is 9.15 Å². The van der Waals surface area contributed by atoms with Crippen LogP contribution in [0.2, 0.25) is 0 Å². The number of rotatable bonds is 9. The lowest BCUT2D eigenvalue weighted by molar-refractivity contribution is -0.137. The summed E-state index contributed by atoms with van der Waals surface area (Å²) in [4.78, 5) is 28.3. The molecule has 1 amide bonds. The van der Waals surface area contributed by atoms with Gasteiger partial charge in [0.25, 0.3) is 5.91 Å². The molecular formula is C26H19F3N4O4. The Morgan fingerprint density at radius 3 is 2.59 bits per heavy atom. The van der Waals surface area contributed by atoms with E-state index in [2.05, 4.69) is 15.4 Å². The van der Waals surface area contributed by atoms with E-state index >= 15 is 0 Å². The molecule has 0 aliphatic carbocycles. The summed E-state index contributed by atoms with van der Waals surface area (Å²) in [6.45, 7) is -0.480. The van der Waals surface area contributed by atoms with Crippen LogP contribution in [-0.2, 0) is 15.8 Å². The fourth-order valence-electron chi connectivity index (χ4n) is 3.19. The highest BCUT2D eigenvalue weighted by molar-refractivity contribution is 6.04. The highest BCUT2D eigenvalue weighted by Crippen LogP contribution is 2.33. The minimum atomic E-state index is -4.64. The van der Waals surface area contributed by atoms with Crippen molar-refractivity contribution in [3.05, 3.63) is 103 Å². The van der Waals surface area contributed by atoms with Crippen LogP contribution in [0.1, 0.15) is 16.9 Å². The van der Waals surface area contributed by atoms with Gasteiger partial charge in [0.15, 0.2) is 12.4 Å². The quantitative estimate of drug-likeness (QED) is 0.313. The monoisotopic (exact) mass is 508 g/mol. The number of para-hydroxylation sites is 1. The van der Waals surface area contributed by atoms with Crippen molar-refractivity contribution in [3.8, 4) is 11.4 Å². The smallest absolute Gasteiger partial charge is 0.416 e. The molecule has 0 unspecified atom stereocenters. The van der Waals surface area contributed by atoms with E-state index in [1.807, 2.05) is 0 Å². The van der Waals surface area contributed by atoms with Crippen molar-refractivity contribution < 1.29 is 31.9 Å². The number of allylic oxidation sites excluding steroid dienone is 2. The van der Waals surface area contributed by atoms with Gasteiger partial charge in [0, 0.05) is 11.3 Å². The number of nitrogens with zero attached hydrogens (tertiary/aromatic N) is 3. The lowest BCUT2D eigenvalue weighted by atomic mass is 10.1. The molecule has 188 valence electrons. The van der Waals surface area contributed by atoms with Crippen LogP contribution in [0.5, 0.6) is 5.75 Å². The molecule has 2 heterocycles. The Hall–Kier alpha value is -4.93. The molecule has 0 spiro atoms. The normalized spacial score (nSPS) is 11.8. The second kappa shape index (κ2) is 11.2. The molecule has 0 bridgehead atoms. The second-order valence-corrected chi connectivity index (χ2v) is 7.57. The zero-order valence-electron chi connectivity index (χ0n) is 19.1. The van der Waals surface area contributed by atoms with Crippen molar-refractivity contribution in [1.82, 2.24) is 14.8 Å². The number of ether oxygens (including phenoxy) is 1. The van der Waals surface area contributed by atoms with Crippen LogP contribution in [0.4, 0.5) is 18.9 Å². The first-order valence-electron chi connectivity index (χ1n) is 10.8. The highest BCUT2D eigenvalue weighted by Gasteiger charge is 2.31. The van der Waals surface area contributed by atoms with Crippen molar-refractivity contribution in [2.45, 2.75) is 6.18 Å². The fourth-order valence-corrected chi connectivity index (χ4v) is 3.19. The Morgan fingerprint density at radius 1 is 1.05 bits per heavy atom. The van der Waals surface area contributed by atoms with E-state index in [1.165, 1.54) is 49.3 Å². The molecule has 2 aromatic carbocycles. The molecule has 0 saturated heterocycles. The number of amides is 1. The summed E-state index contributed by atoms with van der Waals surface area (Å²) in [7, 11) is 0. The van der Waals surface area contributed by atoms with Gasteiger partial charge in [-0.25, -0.2) is 9.67 Å². The number of ketones is 1. The van der Waals surface area contributed by atoms with Crippen molar-refractivity contribution in [2.75, 3.05) is 11.9 Å². The average molecular weight is 508 g/mol. The Bertz CT molecular complexity index is 1430. The van der Waals surface area contributed by atoms with Gasteiger partial charge in [-0.1, -0.05) is 18.2 Å². The van der Waals surface area contributed by atoms with E-state index in [0.29, 0.717) is 17.1 Å². The number of nitrogens with one attached hydrogen (secondary N) is 1. The lowest BCUT2D eigenvalue weighted by Crippen LogP contribution is -2.21. The minimum absolute atomic E-state index is 0.0739. The number of furan rings is 1. The standard InChI is InChI=1S/C26H19F3N4O4/c27-26(28,29)19-12-20(14-21(13-19)33-17-30-16-31-33)32-25(35)15-37-24-6-2-1-4-18(24)7-8-22(34)9-10-23-5-3-11-36-23/h1-14,16-17H,15H2,(H,32,35)/b8-7+,10-9+. The maximum absolute atomic E-state index is 13.4. The molecule has 4 aromatic rings. The van der Waals surface area contributed by atoms with Gasteiger partial charge in [0.1, 0.15) is 24.2 Å². The third-order valence-electron chi connectivity index (χ3n) is 4.87. The van der Waals surface area contributed by atoms with E-state index in [1.54, 1.807) is 36.4 Å². The molecule has 0 saturated carbocycles. The Balaban J connectivity index is 1.42. The molecular weight excluding hydrogens is 489 g/mol. The first-order chi connectivity index (χ1) is 17.8. The number of carbonyl (C=O) groups excluding carboxylic acids is 2. The summed E-state index contributed by atoms with van der Waals surface area (Å²) < 4.78 is 51.9. The third-order valence-corrected chi connectivity index (χ3v) is 4.87. The molecule has 0 radical (unpaired) electrons. The van der Waals surface area contributed by atoms with Gasteiger partial charge in [-0.3, -0.25) is 9.59 Å². The second-order valence-electron chi connectivity index (χ2n) is 7.57. The molecule has 0 aliphatic rings. The molecule has 37 heavy (non-hydrogen) atoms. The summed E-state index contributed by atoms with van der Waals surface area (Å²) in [6, 6.07) is 13.1. The molecule has 8 nitrogen and oxygen atoms in total. The number of anilines is 1.